The van der Waals surface area contributed by atoms with Crippen LogP contribution in [0.4, 0.5) is 9.93 Å². The fraction of sp³-hybridized carbons (Fsp3) is 0.484. The Morgan fingerprint density at radius 1 is 1.14 bits per heavy atom. The molecule has 3 N–H and O–H groups in total. The normalized spacial score (nSPS) is 21.3. The van der Waals surface area contributed by atoms with Crippen molar-refractivity contribution < 1.29 is 32.5 Å². The Morgan fingerprint density at radius 2 is 1.89 bits per heavy atom. The average molecular weight is 645 g/mol. The van der Waals surface area contributed by atoms with E-state index >= 15 is 0 Å². The summed E-state index contributed by atoms with van der Waals surface area (Å²) in [6.45, 7) is 4.59. The Balaban J connectivity index is 1.32. The molecule has 1 amide bonds. The number of rotatable bonds is 13. The van der Waals surface area contributed by atoms with Gasteiger partial charge in [-0.3, -0.25) is 0 Å². The van der Waals surface area contributed by atoms with Gasteiger partial charge in [0.1, 0.15) is 6.10 Å². The Hall–Kier alpha value is -3.07. The van der Waals surface area contributed by atoms with E-state index in [2.05, 4.69) is 15.6 Å². The topological polar surface area (TPSA) is 139 Å². The van der Waals surface area contributed by atoms with Gasteiger partial charge in [0.25, 0.3) is 0 Å². The SMILES string of the molecule is CNc1nc(-c2ccc(S(=O)(=O)N(CC(C)C)C[C@H](O)[C@H](Cc3ccccc3)NC(=O)O[C@H]3CO[C@H]4OCC[C@H]43)cc2)cs1. The molecule has 0 saturated carbocycles. The number of anilines is 1. The first-order chi connectivity index (χ1) is 21.1. The van der Waals surface area contributed by atoms with Crippen molar-refractivity contribution in [3.63, 3.8) is 0 Å². The molecule has 0 bridgehead atoms. The third kappa shape index (κ3) is 7.76. The number of alkyl carbamates (subject to hydrolysis) is 1. The molecular formula is C31H40N4O7S2. The Kier molecular flexibility index (Phi) is 10.5. The number of aromatic nitrogens is 1. The van der Waals surface area contributed by atoms with Crippen molar-refractivity contribution in [1.29, 1.82) is 0 Å². The maximum absolute atomic E-state index is 13.9. The third-order valence-corrected chi connectivity index (χ3v) is 10.5. The highest BCUT2D eigenvalue weighted by molar-refractivity contribution is 7.89. The Morgan fingerprint density at radius 3 is 2.57 bits per heavy atom. The van der Waals surface area contributed by atoms with Crippen molar-refractivity contribution in [2.75, 3.05) is 38.7 Å². The minimum Gasteiger partial charge on any atom is -0.443 e. The first-order valence-corrected chi connectivity index (χ1v) is 17.1. The number of carbonyl (C=O) groups excluding carboxylic acids is 1. The summed E-state index contributed by atoms with van der Waals surface area (Å²) in [5.41, 5.74) is 2.42. The van der Waals surface area contributed by atoms with Gasteiger partial charge in [0.05, 0.1) is 41.9 Å². The molecule has 11 nitrogen and oxygen atoms in total. The zero-order valence-corrected chi connectivity index (χ0v) is 26.7. The van der Waals surface area contributed by atoms with Crippen molar-refractivity contribution in [2.24, 2.45) is 11.8 Å². The van der Waals surface area contributed by atoms with E-state index in [1.54, 1.807) is 31.3 Å². The van der Waals surface area contributed by atoms with Gasteiger partial charge in [-0.05, 0) is 36.5 Å². The van der Waals surface area contributed by atoms with E-state index in [1.807, 2.05) is 49.6 Å². The van der Waals surface area contributed by atoms with Crippen LogP contribution in [0, 0.1) is 11.8 Å². The van der Waals surface area contributed by atoms with Crippen LogP contribution in [-0.4, -0.2) is 86.8 Å². The number of hydrogen-bond donors (Lipinski definition) is 3. The maximum Gasteiger partial charge on any atom is 0.407 e. The second-order valence-corrected chi connectivity index (χ2v) is 14.3. The summed E-state index contributed by atoms with van der Waals surface area (Å²) in [5.74, 6) is -0.0437. The van der Waals surface area contributed by atoms with E-state index in [1.165, 1.54) is 15.6 Å². The number of ether oxygens (including phenoxy) is 3. The number of benzene rings is 2. The fourth-order valence-electron chi connectivity index (χ4n) is 5.50. The Labute approximate surface area is 262 Å². The predicted octanol–water partition coefficient (Wildman–Crippen LogP) is 3.96. The quantitative estimate of drug-likeness (QED) is 0.252. The first kappa shape index (κ1) is 32.3. The highest BCUT2D eigenvalue weighted by atomic mass is 32.2. The van der Waals surface area contributed by atoms with E-state index in [9.17, 15) is 18.3 Å². The van der Waals surface area contributed by atoms with Gasteiger partial charge in [-0.1, -0.05) is 56.3 Å². The minimum atomic E-state index is -3.98. The molecule has 2 aliphatic rings. The molecule has 0 aliphatic carbocycles. The lowest BCUT2D eigenvalue weighted by atomic mass is 10.0. The van der Waals surface area contributed by atoms with Crippen LogP contribution in [0.1, 0.15) is 25.8 Å². The largest absolute Gasteiger partial charge is 0.443 e. The van der Waals surface area contributed by atoms with E-state index in [0.717, 1.165) is 28.4 Å². The molecule has 13 heteroatoms. The van der Waals surface area contributed by atoms with Gasteiger partial charge < -0.3 is 30.0 Å². The zero-order chi connectivity index (χ0) is 31.3. The Bertz CT molecular complexity index is 1480. The zero-order valence-electron chi connectivity index (χ0n) is 25.1. The van der Waals surface area contributed by atoms with Gasteiger partial charge in [0, 0.05) is 31.1 Å². The van der Waals surface area contributed by atoms with Crippen LogP contribution in [0.25, 0.3) is 11.3 Å². The summed E-state index contributed by atoms with van der Waals surface area (Å²) >= 11 is 1.47. The molecule has 0 spiro atoms. The molecule has 2 fully saturated rings. The third-order valence-electron chi connectivity index (χ3n) is 7.78. The van der Waals surface area contributed by atoms with Crippen LogP contribution in [0.15, 0.2) is 64.9 Å². The van der Waals surface area contributed by atoms with Crippen molar-refractivity contribution in [1.82, 2.24) is 14.6 Å². The number of carbonyl (C=O) groups is 1. The first-order valence-electron chi connectivity index (χ1n) is 14.8. The van der Waals surface area contributed by atoms with E-state index in [0.29, 0.717) is 6.61 Å². The van der Waals surface area contributed by atoms with Crippen molar-refractivity contribution in [2.45, 2.75) is 56.1 Å². The van der Waals surface area contributed by atoms with Crippen LogP contribution in [0.5, 0.6) is 0 Å². The van der Waals surface area contributed by atoms with Crippen molar-refractivity contribution in [3.8, 4) is 11.3 Å². The summed E-state index contributed by atoms with van der Waals surface area (Å²) < 4.78 is 45.9. The molecule has 5 atom stereocenters. The summed E-state index contributed by atoms with van der Waals surface area (Å²) in [6.07, 6.45) is -1.72. The lowest BCUT2D eigenvalue weighted by Crippen LogP contribution is -2.51. The van der Waals surface area contributed by atoms with Crippen LogP contribution in [-0.2, 0) is 30.7 Å². The summed E-state index contributed by atoms with van der Waals surface area (Å²) in [4.78, 5) is 17.7. The molecule has 3 aromatic rings. The van der Waals surface area contributed by atoms with Gasteiger partial charge >= 0.3 is 6.09 Å². The number of sulfonamides is 1. The van der Waals surface area contributed by atoms with Gasteiger partial charge in [-0.25, -0.2) is 18.2 Å². The number of aliphatic hydroxyl groups excluding tert-OH is 1. The standard InChI is InChI=1S/C31H40N4O7S2/c1-20(2)16-35(44(38,39)23-11-9-22(10-12-23)26-19-43-30(32-3)33-26)17-27(36)25(15-21-7-5-4-6-8-21)34-31(37)42-28-18-41-29-24(28)13-14-40-29/h4-12,19-20,24-25,27-29,36H,13-18H2,1-3H3,(H,32,33)(H,34,37)/t24-,25-,27-,28-,29+/m0/s1. The molecule has 44 heavy (non-hydrogen) atoms. The number of fused-ring (bicyclic) bond motifs is 1. The number of thiazole rings is 1. The van der Waals surface area contributed by atoms with Crippen LogP contribution < -0.4 is 10.6 Å². The molecule has 2 aliphatic heterocycles. The highest BCUT2D eigenvalue weighted by Gasteiger charge is 2.44. The molecule has 3 heterocycles. The fourth-order valence-corrected chi connectivity index (χ4v) is 7.81. The van der Waals surface area contributed by atoms with E-state index in [4.69, 9.17) is 14.2 Å². The lowest BCUT2D eigenvalue weighted by Gasteiger charge is -2.31. The van der Waals surface area contributed by atoms with Crippen LogP contribution in [0.3, 0.4) is 0 Å². The molecule has 1 aromatic heterocycles. The molecule has 5 rings (SSSR count). The second kappa shape index (κ2) is 14.4. The van der Waals surface area contributed by atoms with Gasteiger partial charge in [-0.15, -0.1) is 11.3 Å². The molecule has 0 unspecified atom stereocenters. The maximum atomic E-state index is 13.9. The van der Waals surface area contributed by atoms with Gasteiger partial charge in [0.15, 0.2) is 11.4 Å². The minimum absolute atomic E-state index is 0.0133. The second-order valence-electron chi connectivity index (χ2n) is 11.5. The van der Waals surface area contributed by atoms with Gasteiger partial charge in [0.2, 0.25) is 10.0 Å². The van der Waals surface area contributed by atoms with Gasteiger partial charge in [-0.2, -0.15) is 4.31 Å². The van der Waals surface area contributed by atoms with Crippen molar-refractivity contribution >= 4 is 32.6 Å². The smallest absolute Gasteiger partial charge is 0.407 e. The number of nitrogens with one attached hydrogen (secondary N) is 2. The van der Waals surface area contributed by atoms with Crippen LogP contribution in [0.2, 0.25) is 0 Å². The summed E-state index contributed by atoms with van der Waals surface area (Å²) in [5, 5.41) is 20.0. The molecular weight excluding hydrogens is 604 g/mol. The molecule has 0 radical (unpaired) electrons. The molecule has 2 aromatic carbocycles. The average Bonchev–Trinajstić information content (AvgIpc) is 3.76. The van der Waals surface area contributed by atoms with Crippen molar-refractivity contribution in [3.05, 3.63) is 65.5 Å². The number of aliphatic hydroxyl groups is 1. The number of amides is 1. The van der Waals surface area contributed by atoms with E-state index < -0.39 is 34.4 Å². The van der Waals surface area contributed by atoms with Crippen LogP contribution >= 0.6 is 11.3 Å². The predicted molar refractivity (Wildman–Crippen MR) is 168 cm³/mol. The molecule has 238 valence electrons. The summed E-state index contributed by atoms with van der Waals surface area (Å²) in [7, 11) is -2.19. The van der Waals surface area contributed by atoms with E-state index in [-0.39, 0.29) is 49.1 Å². The number of hydrogen-bond acceptors (Lipinski definition) is 10. The monoisotopic (exact) mass is 644 g/mol. The lowest BCUT2D eigenvalue weighted by molar-refractivity contribution is -0.0907. The highest BCUT2D eigenvalue weighted by Crippen LogP contribution is 2.33. The summed E-state index contributed by atoms with van der Waals surface area (Å²) in [6, 6.07) is 15.2. The number of nitrogens with zero attached hydrogens (tertiary/aromatic N) is 2. The molecule has 2 saturated heterocycles.